The molecule has 0 aliphatic carbocycles. The predicted octanol–water partition coefficient (Wildman–Crippen LogP) is 3.71. The summed E-state index contributed by atoms with van der Waals surface area (Å²) in [7, 11) is 4.84. The topological polar surface area (TPSA) is 221 Å². The van der Waals surface area contributed by atoms with E-state index in [1.54, 1.807) is 65.8 Å². The minimum absolute atomic E-state index is 0.0948. The van der Waals surface area contributed by atoms with Crippen LogP contribution in [0.25, 0.3) is 0 Å². The second-order valence-corrected chi connectivity index (χ2v) is 20.1. The number of nitrogens with zero attached hydrogens (tertiary/aromatic N) is 2. The van der Waals surface area contributed by atoms with Crippen LogP contribution >= 0.6 is 0 Å². The van der Waals surface area contributed by atoms with Gasteiger partial charge in [0.1, 0.15) is 24.1 Å². The quantitative estimate of drug-likeness (QED) is 0.232. The highest BCUT2D eigenvalue weighted by molar-refractivity contribution is 5.98. The van der Waals surface area contributed by atoms with Crippen molar-refractivity contribution in [1.29, 1.82) is 0 Å². The molecule has 5 heterocycles. The molecule has 0 radical (unpaired) electrons. The fourth-order valence-corrected chi connectivity index (χ4v) is 11.3. The lowest BCUT2D eigenvalue weighted by atomic mass is 9.73. The van der Waals surface area contributed by atoms with E-state index < -0.39 is 126 Å². The van der Waals surface area contributed by atoms with Crippen LogP contribution in [0.3, 0.4) is 0 Å². The number of Topliss-reactive ketones (excluding diaryl/α,β-unsaturated/α-hetero) is 1. The average molecular weight is 934 g/mol. The molecule has 1 aromatic carbocycles. The molecule has 0 spiro atoms. The Morgan fingerprint density at radius 3 is 2.20 bits per heavy atom. The highest BCUT2D eigenvalue weighted by atomic mass is 16.7. The number of cyclic esters (lactones) is 1. The van der Waals surface area contributed by atoms with E-state index >= 15 is 0 Å². The van der Waals surface area contributed by atoms with Crippen LogP contribution in [0.5, 0.6) is 0 Å². The van der Waals surface area contributed by atoms with Crippen molar-refractivity contribution in [3.8, 4) is 0 Å². The fourth-order valence-electron chi connectivity index (χ4n) is 11.3. The Kier molecular flexibility index (Phi) is 16.1. The first kappa shape index (κ1) is 52.1. The predicted molar refractivity (Wildman–Crippen MR) is 238 cm³/mol. The van der Waals surface area contributed by atoms with Gasteiger partial charge < -0.3 is 63.4 Å². The van der Waals surface area contributed by atoms with Gasteiger partial charge in [-0.25, -0.2) is 4.79 Å². The van der Waals surface area contributed by atoms with Gasteiger partial charge in [-0.3, -0.25) is 19.3 Å². The number of esters is 1. The molecule has 1 unspecified atom stereocenters. The van der Waals surface area contributed by atoms with E-state index in [2.05, 4.69) is 5.32 Å². The number of carbonyl (C=O) groups is 4. The Balaban J connectivity index is 1.36. The van der Waals surface area contributed by atoms with Crippen molar-refractivity contribution in [2.45, 2.75) is 185 Å². The van der Waals surface area contributed by atoms with Gasteiger partial charge in [-0.2, -0.15) is 0 Å². The van der Waals surface area contributed by atoms with Crippen molar-refractivity contribution in [2.24, 2.45) is 23.7 Å². The lowest BCUT2D eigenvalue weighted by Crippen LogP contribution is -2.62. The molecule has 4 saturated heterocycles. The van der Waals surface area contributed by atoms with Gasteiger partial charge in [0, 0.05) is 68.7 Å². The summed E-state index contributed by atoms with van der Waals surface area (Å²) in [5.41, 5.74) is -2.80. The van der Waals surface area contributed by atoms with E-state index in [9.17, 15) is 34.5 Å². The Labute approximate surface area is 389 Å². The van der Waals surface area contributed by atoms with Crippen LogP contribution in [0, 0.1) is 23.7 Å². The van der Waals surface area contributed by atoms with Gasteiger partial charge >= 0.3 is 12.1 Å². The zero-order valence-corrected chi connectivity index (χ0v) is 40.9. The molecule has 4 fully saturated rings. The second-order valence-electron chi connectivity index (χ2n) is 20.1. The molecule has 18 nitrogen and oxygen atoms in total. The molecular weight excluding hydrogens is 859 g/mol. The van der Waals surface area contributed by atoms with E-state index in [0.717, 1.165) is 0 Å². The summed E-state index contributed by atoms with van der Waals surface area (Å²) in [4.78, 5) is 58.7. The van der Waals surface area contributed by atoms with Crippen molar-refractivity contribution in [2.75, 3.05) is 34.4 Å². The van der Waals surface area contributed by atoms with E-state index in [1.165, 1.54) is 19.1 Å². The van der Waals surface area contributed by atoms with Crippen molar-refractivity contribution in [3.63, 3.8) is 0 Å². The van der Waals surface area contributed by atoms with Crippen LogP contribution in [-0.4, -0.2) is 167 Å². The minimum atomic E-state index is -1.40. The number of aliphatic hydroxyl groups is 3. The maximum Gasteiger partial charge on any atom is 0.408 e. The number of ether oxygens (including phenoxy) is 8. The Bertz CT molecular complexity index is 1910. The third kappa shape index (κ3) is 9.92. The zero-order valence-electron chi connectivity index (χ0n) is 40.9. The largest absolute Gasteiger partial charge is 0.458 e. The molecule has 4 N–H and O–H groups in total. The molecule has 2 amide bonds. The lowest BCUT2D eigenvalue weighted by molar-refractivity contribution is -0.319. The van der Waals surface area contributed by atoms with Gasteiger partial charge in [-0.1, -0.05) is 45.9 Å². The summed E-state index contributed by atoms with van der Waals surface area (Å²) in [6.45, 7) is 18.1. The Hall–Kier alpha value is -3.30. The Morgan fingerprint density at radius 1 is 0.894 bits per heavy atom. The zero-order chi connectivity index (χ0) is 48.8. The number of alkyl carbamates (subject to hydrolysis) is 1. The molecule has 6 rings (SSSR count). The number of ketones is 1. The Morgan fingerprint density at radius 2 is 1.56 bits per heavy atom. The normalized spacial score (nSPS) is 43.7. The standard InChI is InChI=1S/C48H75N3O15/c1-14-33-48(10)38(49-45(58)66-48)26(4)35(52)24(2)22-47(9,60-13)40(27(5)37(28(6)43(57)63-33)64-34-23-46(8,59-12)39(54)29(7)62-34)65-44-36(53)32(21-25(3)61-44)50(11)19-20-51-41(55)30-17-15-16-18-31(30)42(51)56/h15-18,24-29,32-34,36-41,44,53-55H,14,19-23H2,1-13H3,(H,49,58)/t24-,25-,26+,27+,28-,29+,32+,33-,34+,36-,37+,38-,39+,40-,41?,44+,46-,47+,48-/m1/s1. The fraction of sp³-hybridized carbons (Fsp3) is 0.792. The SMILES string of the molecule is CC[C@H]1OC(=O)[C@H](C)[C@@H](O[C@H]2C[C@@](C)(OC)[C@@H](O)[C@H](C)O2)[C@H](C)[C@@H](O[C@@H]2O[C@H](C)C[C@H](N(C)CCN3C(=O)c4ccccc4C3O)[C@H]2O)[C@@](C)(OC)C[C@@H](C)C(=O)[C@H](C)[C@H]2NC(=O)O[C@@]21C. The highest BCUT2D eigenvalue weighted by Crippen LogP contribution is 2.43. The first-order valence-corrected chi connectivity index (χ1v) is 23.5. The molecule has 0 saturated carbocycles. The molecular formula is C48H75N3O15. The smallest absolute Gasteiger partial charge is 0.408 e. The maximum atomic E-state index is 14.6. The first-order chi connectivity index (χ1) is 30.9. The van der Waals surface area contributed by atoms with Crippen LogP contribution in [0.2, 0.25) is 0 Å². The molecule has 1 aromatic rings. The number of aliphatic hydroxyl groups excluding tert-OH is 3. The molecule has 19 atom stereocenters. The van der Waals surface area contributed by atoms with E-state index in [1.807, 2.05) is 39.6 Å². The third-order valence-electron chi connectivity index (χ3n) is 15.5. The van der Waals surface area contributed by atoms with Crippen LogP contribution in [0.4, 0.5) is 4.79 Å². The molecule has 66 heavy (non-hydrogen) atoms. The molecule has 5 aliphatic rings. The van der Waals surface area contributed by atoms with Gasteiger partial charge in [0.15, 0.2) is 24.4 Å². The number of likely N-dealkylation sites (N-methyl/N-ethyl adjacent to an activating group) is 1. The second kappa shape index (κ2) is 20.3. The summed E-state index contributed by atoms with van der Waals surface area (Å²) in [6.07, 6.45) is -9.64. The molecule has 18 heteroatoms. The third-order valence-corrected chi connectivity index (χ3v) is 15.5. The summed E-state index contributed by atoms with van der Waals surface area (Å²) < 4.78 is 50.9. The molecule has 5 aliphatic heterocycles. The van der Waals surface area contributed by atoms with Crippen LogP contribution in [0.15, 0.2) is 24.3 Å². The molecule has 0 aromatic heterocycles. The number of fused-ring (bicyclic) bond motifs is 2. The average Bonchev–Trinajstić information content (AvgIpc) is 3.73. The first-order valence-electron chi connectivity index (χ1n) is 23.5. The summed E-state index contributed by atoms with van der Waals surface area (Å²) in [6, 6.07) is 5.59. The van der Waals surface area contributed by atoms with Crippen LogP contribution in [0.1, 0.15) is 117 Å². The van der Waals surface area contributed by atoms with E-state index in [4.69, 9.17) is 37.9 Å². The van der Waals surface area contributed by atoms with E-state index in [0.29, 0.717) is 24.1 Å². The number of benzene rings is 1. The number of nitrogens with one attached hydrogen (secondary N) is 1. The van der Waals surface area contributed by atoms with Gasteiger partial charge in [-0.15, -0.1) is 0 Å². The number of amides is 2. The van der Waals surface area contributed by atoms with Gasteiger partial charge in [0.2, 0.25) is 0 Å². The van der Waals surface area contributed by atoms with Crippen molar-refractivity contribution < 1.29 is 72.4 Å². The monoisotopic (exact) mass is 934 g/mol. The molecule has 372 valence electrons. The summed E-state index contributed by atoms with van der Waals surface area (Å²) >= 11 is 0. The van der Waals surface area contributed by atoms with Crippen molar-refractivity contribution in [1.82, 2.24) is 15.1 Å². The molecule has 0 bridgehead atoms. The highest BCUT2D eigenvalue weighted by Gasteiger charge is 2.58. The minimum Gasteiger partial charge on any atom is -0.458 e. The number of hydrogen-bond donors (Lipinski definition) is 4. The van der Waals surface area contributed by atoms with Crippen molar-refractivity contribution >= 4 is 23.8 Å². The van der Waals surface area contributed by atoms with E-state index in [-0.39, 0.29) is 37.5 Å². The number of methoxy groups -OCH3 is 2. The van der Waals surface area contributed by atoms with Gasteiger partial charge in [0.05, 0.1) is 47.6 Å². The number of rotatable bonds is 11. The number of hydrogen-bond acceptors (Lipinski definition) is 16. The van der Waals surface area contributed by atoms with Gasteiger partial charge in [0.25, 0.3) is 5.91 Å². The lowest BCUT2D eigenvalue weighted by Gasteiger charge is -2.50. The summed E-state index contributed by atoms with van der Waals surface area (Å²) in [5.74, 6) is -4.41. The van der Waals surface area contributed by atoms with Crippen LogP contribution in [-0.2, 0) is 47.5 Å². The van der Waals surface area contributed by atoms with Crippen LogP contribution < -0.4 is 5.32 Å². The van der Waals surface area contributed by atoms with Gasteiger partial charge in [-0.05, 0) is 73.9 Å². The van der Waals surface area contributed by atoms with Crippen molar-refractivity contribution in [3.05, 3.63) is 35.4 Å². The summed E-state index contributed by atoms with van der Waals surface area (Å²) in [5, 5.41) is 37.2. The maximum absolute atomic E-state index is 14.6. The number of carbonyl (C=O) groups excluding carboxylic acids is 4.